The molecule has 0 aliphatic heterocycles. The molecule has 0 atom stereocenters. The van der Waals surface area contributed by atoms with Crippen LogP contribution in [0.25, 0.3) is 0 Å². The molecule has 1 aliphatic rings. The largest absolute Gasteiger partial charge is 0.308 e. The molecule has 0 bridgehead atoms. The average molecular weight is 302 g/mol. The van der Waals surface area contributed by atoms with Gasteiger partial charge in [-0.3, -0.25) is 4.68 Å². The van der Waals surface area contributed by atoms with Crippen LogP contribution >= 0.6 is 23.4 Å². The number of rotatable bonds is 5. The summed E-state index contributed by atoms with van der Waals surface area (Å²) in [7, 11) is 0. The molecule has 0 radical (unpaired) electrons. The summed E-state index contributed by atoms with van der Waals surface area (Å²) in [5.74, 6) is 0. The van der Waals surface area contributed by atoms with Gasteiger partial charge in [0.05, 0.1) is 16.4 Å². The van der Waals surface area contributed by atoms with Crippen molar-refractivity contribution >= 4 is 23.4 Å². The van der Waals surface area contributed by atoms with E-state index in [1.807, 2.05) is 23.4 Å². The number of aromatic nitrogens is 2. The van der Waals surface area contributed by atoms with E-state index in [9.17, 15) is 0 Å². The number of halogens is 1. The van der Waals surface area contributed by atoms with E-state index in [1.54, 1.807) is 0 Å². The molecule has 0 aromatic carbocycles. The summed E-state index contributed by atoms with van der Waals surface area (Å²) in [6.45, 7) is 5.80. The quantitative estimate of drug-likeness (QED) is 0.901. The van der Waals surface area contributed by atoms with Gasteiger partial charge in [-0.15, -0.1) is 0 Å². The Morgan fingerprint density at radius 3 is 2.63 bits per heavy atom. The van der Waals surface area contributed by atoms with Gasteiger partial charge in [0.2, 0.25) is 0 Å². The van der Waals surface area contributed by atoms with Crippen LogP contribution in [0.15, 0.2) is 0 Å². The molecule has 2 rings (SSSR count). The molecule has 1 saturated carbocycles. The predicted octanol–water partition coefficient (Wildman–Crippen LogP) is 3.63. The average Bonchev–Trinajstić information content (AvgIpc) is 2.72. The zero-order chi connectivity index (χ0) is 13.8. The van der Waals surface area contributed by atoms with Gasteiger partial charge in [0.1, 0.15) is 0 Å². The van der Waals surface area contributed by atoms with Gasteiger partial charge in [-0.2, -0.15) is 16.9 Å². The van der Waals surface area contributed by atoms with Crippen LogP contribution in [0.5, 0.6) is 0 Å². The van der Waals surface area contributed by atoms with E-state index in [0.29, 0.717) is 6.04 Å². The molecule has 3 nitrogen and oxygen atoms in total. The Morgan fingerprint density at radius 2 is 2.05 bits per heavy atom. The first-order valence-corrected chi connectivity index (χ1v) is 8.80. The van der Waals surface area contributed by atoms with Crippen molar-refractivity contribution in [1.82, 2.24) is 15.1 Å². The van der Waals surface area contributed by atoms with Crippen LogP contribution in [0.3, 0.4) is 0 Å². The molecular formula is C14H24ClN3S. The standard InChI is InChI=1S/C14H24ClN3S/c1-4-18-13(14(15)10(2)17-18)9-16-11-5-7-12(19-3)8-6-11/h11-12,16H,4-9H2,1-3H3. The van der Waals surface area contributed by atoms with Crippen LogP contribution in [0.2, 0.25) is 5.02 Å². The molecule has 1 heterocycles. The van der Waals surface area contributed by atoms with Crippen LogP contribution in [-0.2, 0) is 13.1 Å². The summed E-state index contributed by atoms with van der Waals surface area (Å²) in [5.41, 5.74) is 2.07. The number of hydrogen-bond donors (Lipinski definition) is 1. The number of hydrogen-bond acceptors (Lipinski definition) is 3. The summed E-state index contributed by atoms with van der Waals surface area (Å²) in [6, 6.07) is 0.639. The fourth-order valence-corrected chi connectivity index (χ4v) is 3.73. The van der Waals surface area contributed by atoms with Crippen LogP contribution in [-0.4, -0.2) is 27.3 Å². The molecule has 1 N–H and O–H groups in total. The third-order valence-corrected chi connectivity index (χ3v) is 5.65. The van der Waals surface area contributed by atoms with Gasteiger partial charge in [-0.05, 0) is 45.8 Å². The highest BCUT2D eigenvalue weighted by Crippen LogP contribution is 2.27. The van der Waals surface area contributed by atoms with E-state index in [2.05, 4.69) is 23.6 Å². The Bertz CT molecular complexity index is 411. The molecule has 1 aliphatic carbocycles. The molecular weight excluding hydrogens is 278 g/mol. The second-order valence-electron chi connectivity index (χ2n) is 5.25. The van der Waals surface area contributed by atoms with E-state index in [0.717, 1.165) is 34.7 Å². The van der Waals surface area contributed by atoms with Crippen LogP contribution < -0.4 is 5.32 Å². The maximum absolute atomic E-state index is 6.33. The van der Waals surface area contributed by atoms with Crippen molar-refractivity contribution in [2.75, 3.05) is 6.26 Å². The minimum Gasteiger partial charge on any atom is -0.308 e. The summed E-state index contributed by atoms with van der Waals surface area (Å²) >= 11 is 8.34. The Labute approximate surface area is 125 Å². The van der Waals surface area contributed by atoms with Crippen molar-refractivity contribution in [2.24, 2.45) is 0 Å². The second-order valence-corrected chi connectivity index (χ2v) is 6.77. The minimum atomic E-state index is 0.639. The first-order chi connectivity index (χ1) is 9.15. The van der Waals surface area contributed by atoms with Gasteiger partial charge in [-0.25, -0.2) is 0 Å². The van der Waals surface area contributed by atoms with Crippen molar-refractivity contribution in [1.29, 1.82) is 0 Å². The van der Waals surface area contributed by atoms with Crippen molar-refractivity contribution < 1.29 is 0 Å². The lowest BCUT2D eigenvalue weighted by atomic mass is 9.95. The van der Waals surface area contributed by atoms with Gasteiger partial charge in [0, 0.05) is 24.4 Å². The molecule has 108 valence electrons. The molecule has 1 aromatic heterocycles. The third-order valence-electron chi connectivity index (χ3n) is 4.02. The van der Waals surface area contributed by atoms with E-state index >= 15 is 0 Å². The first kappa shape index (κ1) is 15.2. The fraction of sp³-hybridized carbons (Fsp3) is 0.786. The summed E-state index contributed by atoms with van der Waals surface area (Å²) < 4.78 is 2.01. The Kier molecular flexibility index (Phi) is 5.60. The maximum atomic E-state index is 6.33. The first-order valence-electron chi connectivity index (χ1n) is 7.13. The number of nitrogens with zero attached hydrogens (tertiary/aromatic N) is 2. The highest BCUT2D eigenvalue weighted by atomic mass is 35.5. The highest BCUT2D eigenvalue weighted by Gasteiger charge is 2.21. The topological polar surface area (TPSA) is 29.9 Å². The summed E-state index contributed by atoms with van der Waals surface area (Å²) in [4.78, 5) is 0. The lowest BCUT2D eigenvalue weighted by Gasteiger charge is -2.28. The summed E-state index contributed by atoms with van der Waals surface area (Å²) in [6.07, 6.45) is 7.45. The highest BCUT2D eigenvalue weighted by molar-refractivity contribution is 7.99. The van der Waals surface area contributed by atoms with Gasteiger partial charge in [0.15, 0.2) is 0 Å². The van der Waals surface area contributed by atoms with Crippen LogP contribution in [0.4, 0.5) is 0 Å². The van der Waals surface area contributed by atoms with Crippen molar-refractivity contribution in [3.63, 3.8) is 0 Å². The molecule has 0 spiro atoms. The zero-order valence-electron chi connectivity index (χ0n) is 12.1. The van der Waals surface area contributed by atoms with E-state index in [4.69, 9.17) is 11.6 Å². The van der Waals surface area contributed by atoms with Crippen molar-refractivity contribution in [3.05, 3.63) is 16.4 Å². The van der Waals surface area contributed by atoms with Crippen LogP contribution in [0, 0.1) is 6.92 Å². The second kappa shape index (κ2) is 7.00. The monoisotopic (exact) mass is 301 g/mol. The van der Waals surface area contributed by atoms with Gasteiger partial charge < -0.3 is 5.32 Å². The fourth-order valence-electron chi connectivity index (χ4n) is 2.78. The molecule has 0 unspecified atom stereocenters. The molecule has 0 amide bonds. The van der Waals surface area contributed by atoms with Crippen molar-refractivity contribution in [2.45, 2.75) is 63.9 Å². The molecule has 0 saturated heterocycles. The Hall–Kier alpha value is -0.190. The molecule has 19 heavy (non-hydrogen) atoms. The number of thioether (sulfide) groups is 1. The van der Waals surface area contributed by atoms with Gasteiger partial charge in [-0.1, -0.05) is 11.6 Å². The van der Waals surface area contributed by atoms with Crippen LogP contribution in [0.1, 0.15) is 44.0 Å². The lowest BCUT2D eigenvalue weighted by molar-refractivity contribution is 0.374. The number of aryl methyl sites for hydroxylation is 2. The number of nitrogens with one attached hydrogen (secondary N) is 1. The van der Waals surface area contributed by atoms with Crippen molar-refractivity contribution in [3.8, 4) is 0 Å². The van der Waals surface area contributed by atoms with Gasteiger partial charge >= 0.3 is 0 Å². The van der Waals surface area contributed by atoms with E-state index in [-0.39, 0.29) is 0 Å². The van der Waals surface area contributed by atoms with Gasteiger partial charge in [0.25, 0.3) is 0 Å². The predicted molar refractivity (Wildman–Crippen MR) is 84.0 cm³/mol. The zero-order valence-corrected chi connectivity index (χ0v) is 13.7. The Morgan fingerprint density at radius 1 is 1.37 bits per heavy atom. The minimum absolute atomic E-state index is 0.639. The summed E-state index contributed by atoms with van der Waals surface area (Å²) in [5, 5.41) is 9.81. The Balaban J connectivity index is 1.89. The maximum Gasteiger partial charge on any atom is 0.0860 e. The third kappa shape index (κ3) is 3.67. The molecule has 5 heteroatoms. The molecule has 1 fully saturated rings. The molecule has 1 aromatic rings. The lowest BCUT2D eigenvalue weighted by Crippen LogP contribution is -2.34. The van der Waals surface area contributed by atoms with E-state index in [1.165, 1.54) is 25.7 Å². The SMILES string of the molecule is CCn1nc(C)c(Cl)c1CNC1CCC(SC)CC1. The van der Waals surface area contributed by atoms with E-state index < -0.39 is 0 Å². The smallest absolute Gasteiger partial charge is 0.0860 e. The normalized spacial score (nSPS) is 23.8.